The smallest absolute Gasteiger partial charge is 0.248 e. The van der Waals surface area contributed by atoms with Crippen molar-refractivity contribution in [3.8, 4) is 0 Å². The molecule has 0 aromatic heterocycles. The van der Waals surface area contributed by atoms with Crippen molar-refractivity contribution in [1.82, 2.24) is 0 Å². The van der Waals surface area contributed by atoms with Gasteiger partial charge < -0.3 is 11.1 Å². The van der Waals surface area contributed by atoms with Crippen molar-refractivity contribution in [3.63, 3.8) is 0 Å². The molecule has 2 aromatic rings. The highest BCUT2D eigenvalue weighted by Crippen LogP contribution is 2.22. The molecule has 0 radical (unpaired) electrons. The van der Waals surface area contributed by atoms with E-state index in [2.05, 4.69) is 17.4 Å². The maximum absolute atomic E-state index is 11.1. The molecule has 0 heterocycles. The first kappa shape index (κ1) is 14.8. The second-order valence-electron chi connectivity index (χ2n) is 4.26. The lowest BCUT2D eigenvalue weighted by atomic mass is 10.1. The van der Waals surface area contributed by atoms with Gasteiger partial charge in [0.05, 0.1) is 0 Å². The summed E-state index contributed by atoms with van der Waals surface area (Å²) in [5.41, 5.74) is 7.59. The van der Waals surface area contributed by atoms with Crippen LogP contribution in [0.4, 0.5) is 5.69 Å². The SMILES string of the molecule is CSc1cccc(NCc2ccc(C(N)=O)cc2Cl)c1. The van der Waals surface area contributed by atoms with Crippen LogP contribution in [0.2, 0.25) is 5.02 Å². The number of carbonyl (C=O) groups excluding carboxylic acids is 1. The summed E-state index contributed by atoms with van der Waals surface area (Å²) in [5, 5.41) is 3.85. The van der Waals surface area contributed by atoms with Crippen molar-refractivity contribution < 1.29 is 4.79 Å². The quantitative estimate of drug-likeness (QED) is 0.827. The number of rotatable bonds is 5. The molecule has 0 fully saturated rings. The highest BCUT2D eigenvalue weighted by Gasteiger charge is 2.05. The largest absolute Gasteiger partial charge is 0.381 e. The number of nitrogens with two attached hydrogens (primary N) is 1. The molecule has 3 N–H and O–H groups in total. The van der Waals surface area contributed by atoms with Crippen LogP contribution in [0.25, 0.3) is 0 Å². The molecule has 0 saturated carbocycles. The van der Waals surface area contributed by atoms with E-state index in [-0.39, 0.29) is 0 Å². The van der Waals surface area contributed by atoms with Crippen molar-refractivity contribution in [1.29, 1.82) is 0 Å². The number of primary amides is 1. The minimum Gasteiger partial charge on any atom is -0.381 e. The molecule has 20 heavy (non-hydrogen) atoms. The number of thioether (sulfide) groups is 1. The molecule has 2 rings (SSSR count). The third kappa shape index (κ3) is 3.68. The highest BCUT2D eigenvalue weighted by atomic mass is 35.5. The van der Waals surface area contributed by atoms with Crippen molar-refractivity contribution in [2.45, 2.75) is 11.4 Å². The van der Waals surface area contributed by atoms with Crippen LogP contribution < -0.4 is 11.1 Å². The van der Waals surface area contributed by atoms with Gasteiger partial charge in [0.1, 0.15) is 0 Å². The molecule has 0 atom stereocenters. The van der Waals surface area contributed by atoms with Gasteiger partial charge in [-0.1, -0.05) is 23.7 Å². The minimum absolute atomic E-state index is 0.420. The summed E-state index contributed by atoms with van der Waals surface area (Å²) >= 11 is 7.84. The summed E-state index contributed by atoms with van der Waals surface area (Å²) in [4.78, 5) is 12.3. The van der Waals surface area contributed by atoms with Gasteiger partial charge in [-0.3, -0.25) is 4.79 Å². The second-order valence-corrected chi connectivity index (χ2v) is 5.54. The Balaban J connectivity index is 2.08. The third-order valence-electron chi connectivity index (χ3n) is 2.89. The Labute approximate surface area is 127 Å². The number of benzene rings is 2. The van der Waals surface area contributed by atoms with E-state index in [0.717, 1.165) is 11.3 Å². The fraction of sp³-hybridized carbons (Fsp3) is 0.133. The molecule has 0 aliphatic carbocycles. The molecule has 0 saturated heterocycles. The molecule has 0 bridgehead atoms. The normalized spacial score (nSPS) is 10.3. The minimum atomic E-state index is -0.473. The number of hydrogen-bond acceptors (Lipinski definition) is 3. The highest BCUT2D eigenvalue weighted by molar-refractivity contribution is 7.98. The molecular formula is C15H15ClN2OS. The van der Waals surface area contributed by atoms with Crippen LogP contribution in [0.3, 0.4) is 0 Å². The van der Waals surface area contributed by atoms with E-state index in [1.807, 2.05) is 24.5 Å². The number of nitrogens with one attached hydrogen (secondary N) is 1. The summed E-state index contributed by atoms with van der Waals surface area (Å²) in [7, 11) is 0. The fourth-order valence-corrected chi connectivity index (χ4v) is 2.48. The van der Waals surface area contributed by atoms with E-state index in [1.165, 1.54) is 4.90 Å². The van der Waals surface area contributed by atoms with E-state index in [9.17, 15) is 4.79 Å². The summed E-state index contributed by atoms with van der Waals surface area (Å²) in [6.45, 7) is 0.593. The first-order chi connectivity index (χ1) is 9.60. The Morgan fingerprint density at radius 2 is 2.10 bits per heavy atom. The van der Waals surface area contributed by atoms with Gasteiger partial charge in [-0.05, 0) is 42.2 Å². The van der Waals surface area contributed by atoms with Gasteiger partial charge in [0.25, 0.3) is 0 Å². The average molecular weight is 307 g/mol. The zero-order valence-corrected chi connectivity index (χ0v) is 12.6. The van der Waals surface area contributed by atoms with Crippen LogP contribution in [-0.2, 0) is 6.54 Å². The van der Waals surface area contributed by atoms with E-state index in [0.29, 0.717) is 17.1 Å². The first-order valence-electron chi connectivity index (χ1n) is 6.06. The Kier molecular flexibility index (Phi) is 4.93. The third-order valence-corrected chi connectivity index (χ3v) is 3.97. The molecule has 0 unspecified atom stereocenters. The first-order valence-corrected chi connectivity index (χ1v) is 7.66. The molecule has 0 spiro atoms. The molecule has 3 nitrogen and oxygen atoms in total. The standard InChI is InChI=1S/C15H15ClN2OS/c1-20-13-4-2-3-12(8-13)18-9-11-6-5-10(15(17)19)7-14(11)16/h2-8,18H,9H2,1H3,(H2,17,19). The zero-order valence-electron chi connectivity index (χ0n) is 11.0. The fourth-order valence-electron chi connectivity index (χ4n) is 1.77. The number of anilines is 1. The topological polar surface area (TPSA) is 55.1 Å². The summed E-state index contributed by atoms with van der Waals surface area (Å²) in [5.74, 6) is -0.473. The lowest BCUT2D eigenvalue weighted by Gasteiger charge is -2.09. The summed E-state index contributed by atoms with van der Waals surface area (Å²) in [6, 6.07) is 13.2. The van der Waals surface area contributed by atoms with Gasteiger partial charge in [0.2, 0.25) is 5.91 Å². The molecule has 0 aliphatic rings. The Hall–Kier alpha value is -1.65. The van der Waals surface area contributed by atoms with Crippen LogP contribution in [0.5, 0.6) is 0 Å². The predicted molar refractivity (Wildman–Crippen MR) is 85.5 cm³/mol. The van der Waals surface area contributed by atoms with Gasteiger partial charge in [-0.2, -0.15) is 0 Å². The number of carbonyl (C=O) groups is 1. The van der Waals surface area contributed by atoms with Gasteiger partial charge in [-0.15, -0.1) is 11.8 Å². The van der Waals surface area contributed by atoms with Crippen LogP contribution in [0, 0.1) is 0 Å². The molecule has 1 amide bonds. The van der Waals surface area contributed by atoms with Crippen molar-refractivity contribution in [3.05, 3.63) is 58.6 Å². The van der Waals surface area contributed by atoms with Gasteiger partial charge in [-0.25, -0.2) is 0 Å². The lowest BCUT2D eigenvalue weighted by Crippen LogP contribution is -2.11. The van der Waals surface area contributed by atoms with Crippen LogP contribution in [-0.4, -0.2) is 12.2 Å². The van der Waals surface area contributed by atoms with E-state index in [1.54, 1.807) is 23.9 Å². The van der Waals surface area contributed by atoms with E-state index >= 15 is 0 Å². The molecule has 104 valence electrons. The zero-order chi connectivity index (χ0) is 14.5. The van der Waals surface area contributed by atoms with Crippen molar-refractivity contribution in [2.75, 3.05) is 11.6 Å². The van der Waals surface area contributed by atoms with Gasteiger partial charge >= 0.3 is 0 Å². The summed E-state index contributed by atoms with van der Waals surface area (Å²) < 4.78 is 0. The average Bonchev–Trinajstić information content (AvgIpc) is 2.46. The van der Waals surface area contributed by atoms with Crippen LogP contribution >= 0.6 is 23.4 Å². The summed E-state index contributed by atoms with van der Waals surface area (Å²) in [6.07, 6.45) is 2.04. The van der Waals surface area contributed by atoms with Crippen LogP contribution in [0.1, 0.15) is 15.9 Å². The maximum Gasteiger partial charge on any atom is 0.248 e. The van der Waals surface area contributed by atoms with E-state index < -0.39 is 5.91 Å². The predicted octanol–water partition coefficient (Wildman–Crippen LogP) is 3.77. The van der Waals surface area contributed by atoms with Gasteiger partial charge in [0, 0.05) is 27.7 Å². The van der Waals surface area contributed by atoms with E-state index in [4.69, 9.17) is 17.3 Å². The van der Waals surface area contributed by atoms with Crippen LogP contribution in [0.15, 0.2) is 47.4 Å². The number of amides is 1. The lowest BCUT2D eigenvalue weighted by molar-refractivity contribution is 0.100. The number of hydrogen-bond donors (Lipinski definition) is 2. The molecular weight excluding hydrogens is 292 g/mol. The van der Waals surface area contributed by atoms with Crippen molar-refractivity contribution >= 4 is 35.0 Å². The van der Waals surface area contributed by atoms with Gasteiger partial charge in [0.15, 0.2) is 0 Å². The van der Waals surface area contributed by atoms with Crippen molar-refractivity contribution in [2.24, 2.45) is 5.73 Å². The molecule has 0 aliphatic heterocycles. The number of halogens is 1. The molecule has 2 aromatic carbocycles. The maximum atomic E-state index is 11.1. The Morgan fingerprint density at radius 1 is 1.30 bits per heavy atom. The Morgan fingerprint density at radius 3 is 2.75 bits per heavy atom. The Bertz CT molecular complexity index is 631. The second kappa shape index (κ2) is 6.68. The monoisotopic (exact) mass is 306 g/mol. The molecule has 5 heteroatoms.